The molecule has 0 unspecified atom stereocenters. The van der Waals surface area contributed by atoms with Crippen LogP contribution in [-0.4, -0.2) is 9.97 Å². The maximum atomic E-state index is 5.88. The van der Waals surface area contributed by atoms with E-state index < -0.39 is 0 Å². The van der Waals surface area contributed by atoms with Crippen LogP contribution in [0.2, 0.25) is 0 Å². The van der Waals surface area contributed by atoms with Crippen molar-refractivity contribution in [1.29, 1.82) is 0 Å². The van der Waals surface area contributed by atoms with Crippen molar-refractivity contribution in [1.82, 2.24) is 9.97 Å². The molecule has 0 saturated carbocycles. The number of rotatable bonds is 3. The minimum Gasteiger partial charge on any atom is -0.436 e. The van der Waals surface area contributed by atoms with Gasteiger partial charge in [0.25, 0.3) is 0 Å². The van der Waals surface area contributed by atoms with E-state index in [-0.39, 0.29) is 0 Å². The number of halogens is 1. The molecular weight excluding hydrogens is 260 g/mol. The molecule has 0 fully saturated rings. The van der Waals surface area contributed by atoms with Crippen LogP contribution in [0.3, 0.4) is 0 Å². The molecule has 3 nitrogen and oxygen atoms in total. The van der Waals surface area contributed by atoms with Gasteiger partial charge in [-0.1, -0.05) is 24.3 Å². The topological polar surface area (TPSA) is 35.0 Å². The summed E-state index contributed by atoms with van der Waals surface area (Å²) in [6.45, 7) is 0. The molecule has 0 N–H and O–H groups in total. The molecule has 0 saturated heterocycles. The number of fused-ring (bicyclic) bond motifs is 1. The molecule has 2 aromatic heterocycles. The van der Waals surface area contributed by atoms with Gasteiger partial charge in [0.1, 0.15) is 5.52 Å². The Balaban J connectivity index is 2.06. The van der Waals surface area contributed by atoms with Gasteiger partial charge in [0, 0.05) is 23.3 Å². The fourth-order valence-corrected chi connectivity index (χ4v) is 2.08. The summed E-state index contributed by atoms with van der Waals surface area (Å²) >= 11 is 5.88. The van der Waals surface area contributed by atoms with Crippen molar-refractivity contribution in [3.63, 3.8) is 0 Å². The van der Waals surface area contributed by atoms with Crippen LogP contribution in [-0.2, 0) is 5.88 Å². The van der Waals surface area contributed by atoms with E-state index >= 15 is 0 Å². The Hall–Kier alpha value is -2.13. The van der Waals surface area contributed by atoms with Crippen molar-refractivity contribution in [3.05, 3.63) is 60.4 Å². The van der Waals surface area contributed by atoms with E-state index in [1.807, 2.05) is 42.5 Å². The number of aromatic nitrogens is 2. The molecule has 0 aliphatic heterocycles. The number of para-hydroxylation sites is 1. The van der Waals surface area contributed by atoms with E-state index in [1.165, 1.54) is 0 Å². The summed E-state index contributed by atoms with van der Waals surface area (Å²) in [7, 11) is 0. The second-order valence-electron chi connectivity index (χ2n) is 4.03. The van der Waals surface area contributed by atoms with Crippen LogP contribution < -0.4 is 4.74 Å². The first-order valence-electron chi connectivity index (χ1n) is 5.90. The van der Waals surface area contributed by atoms with E-state index in [9.17, 15) is 0 Å². The molecule has 0 atom stereocenters. The number of alkyl halides is 1. The zero-order valence-corrected chi connectivity index (χ0v) is 10.8. The van der Waals surface area contributed by atoms with Crippen molar-refractivity contribution in [3.8, 4) is 11.6 Å². The van der Waals surface area contributed by atoms with Gasteiger partial charge in [-0.3, -0.25) is 4.98 Å². The average Bonchev–Trinajstić information content (AvgIpc) is 2.48. The van der Waals surface area contributed by atoms with Crippen LogP contribution in [0.5, 0.6) is 11.6 Å². The number of benzene rings is 1. The predicted octanol–water partition coefficient (Wildman–Crippen LogP) is 4.16. The quantitative estimate of drug-likeness (QED) is 0.670. The molecule has 3 aromatic rings. The van der Waals surface area contributed by atoms with Crippen LogP contribution >= 0.6 is 11.6 Å². The molecule has 0 amide bonds. The first kappa shape index (κ1) is 11.9. The fourth-order valence-electron chi connectivity index (χ4n) is 1.88. The lowest BCUT2D eigenvalue weighted by Crippen LogP contribution is -1.93. The third kappa shape index (κ3) is 2.37. The maximum Gasteiger partial charge on any atom is 0.223 e. The Labute approximate surface area is 115 Å². The summed E-state index contributed by atoms with van der Waals surface area (Å²) in [5.41, 5.74) is 1.67. The van der Waals surface area contributed by atoms with Gasteiger partial charge in [0.05, 0.1) is 5.88 Å². The number of hydrogen-bond donors (Lipinski definition) is 0. The minimum absolute atomic E-state index is 0.362. The first-order valence-corrected chi connectivity index (χ1v) is 6.43. The zero-order chi connectivity index (χ0) is 13.1. The van der Waals surface area contributed by atoms with Crippen LogP contribution in [0, 0.1) is 0 Å². The normalized spacial score (nSPS) is 10.6. The summed E-state index contributed by atoms with van der Waals surface area (Å²) in [4.78, 5) is 8.56. The van der Waals surface area contributed by atoms with Gasteiger partial charge < -0.3 is 4.74 Å². The van der Waals surface area contributed by atoms with Gasteiger partial charge in [0.15, 0.2) is 5.75 Å². The lowest BCUT2D eigenvalue weighted by atomic mass is 10.2. The third-order valence-corrected chi connectivity index (χ3v) is 3.08. The van der Waals surface area contributed by atoms with Gasteiger partial charge in [-0.2, -0.15) is 0 Å². The van der Waals surface area contributed by atoms with E-state index in [1.54, 1.807) is 12.4 Å². The number of nitrogens with zero attached hydrogens (tertiary/aromatic N) is 2. The summed E-state index contributed by atoms with van der Waals surface area (Å²) in [5, 5.41) is 1.03. The number of ether oxygens (including phenoxy) is 1. The average molecular weight is 271 g/mol. The zero-order valence-electron chi connectivity index (χ0n) is 10.1. The Bertz CT molecular complexity index is 710. The van der Waals surface area contributed by atoms with E-state index in [0.717, 1.165) is 16.5 Å². The molecular formula is C15H11ClN2O. The SMILES string of the molecule is ClCc1cccnc1Oc1cccc2cccnc12. The van der Waals surface area contributed by atoms with Crippen LogP contribution in [0.4, 0.5) is 0 Å². The Kier molecular flexibility index (Phi) is 3.29. The third-order valence-electron chi connectivity index (χ3n) is 2.80. The lowest BCUT2D eigenvalue weighted by Gasteiger charge is -2.09. The summed E-state index contributed by atoms with van der Waals surface area (Å²) in [6, 6.07) is 13.4. The van der Waals surface area contributed by atoms with Gasteiger partial charge in [0.2, 0.25) is 5.88 Å². The van der Waals surface area contributed by atoms with Gasteiger partial charge in [-0.15, -0.1) is 11.6 Å². The van der Waals surface area contributed by atoms with Crippen LogP contribution in [0.1, 0.15) is 5.56 Å². The first-order chi connectivity index (χ1) is 9.38. The van der Waals surface area contributed by atoms with Crippen LogP contribution in [0.25, 0.3) is 10.9 Å². The molecule has 3 rings (SSSR count). The van der Waals surface area contributed by atoms with Crippen molar-refractivity contribution < 1.29 is 4.74 Å². The fraction of sp³-hybridized carbons (Fsp3) is 0.0667. The standard InChI is InChI=1S/C15H11ClN2O/c16-10-12-6-3-9-18-15(12)19-13-7-1-4-11-5-2-8-17-14(11)13/h1-9H,10H2. The summed E-state index contributed by atoms with van der Waals surface area (Å²) < 4.78 is 5.86. The molecule has 0 aliphatic rings. The summed E-state index contributed by atoms with van der Waals surface area (Å²) in [6.07, 6.45) is 3.43. The van der Waals surface area contributed by atoms with Gasteiger partial charge in [-0.25, -0.2) is 4.98 Å². The highest BCUT2D eigenvalue weighted by Gasteiger charge is 2.08. The van der Waals surface area contributed by atoms with E-state index in [0.29, 0.717) is 17.5 Å². The van der Waals surface area contributed by atoms with E-state index in [2.05, 4.69) is 9.97 Å². The van der Waals surface area contributed by atoms with Crippen molar-refractivity contribution >= 4 is 22.5 Å². The number of pyridine rings is 2. The molecule has 0 bridgehead atoms. The second kappa shape index (κ2) is 5.24. The molecule has 0 spiro atoms. The highest BCUT2D eigenvalue weighted by atomic mass is 35.5. The summed E-state index contributed by atoms with van der Waals surface area (Å²) in [5.74, 6) is 1.57. The predicted molar refractivity (Wildman–Crippen MR) is 75.6 cm³/mol. The Morgan fingerprint density at radius 3 is 2.63 bits per heavy atom. The molecule has 94 valence electrons. The Morgan fingerprint density at radius 1 is 0.947 bits per heavy atom. The molecule has 19 heavy (non-hydrogen) atoms. The second-order valence-corrected chi connectivity index (χ2v) is 4.30. The van der Waals surface area contributed by atoms with Crippen molar-refractivity contribution in [2.75, 3.05) is 0 Å². The highest BCUT2D eigenvalue weighted by molar-refractivity contribution is 6.17. The molecule has 1 aromatic carbocycles. The molecule has 0 radical (unpaired) electrons. The van der Waals surface area contributed by atoms with Crippen molar-refractivity contribution in [2.24, 2.45) is 0 Å². The molecule has 0 aliphatic carbocycles. The van der Waals surface area contributed by atoms with Crippen molar-refractivity contribution in [2.45, 2.75) is 5.88 Å². The highest BCUT2D eigenvalue weighted by Crippen LogP contribution is 2.29. The Morgan fingerprint density at radius 2 is 1.74 bits per heavy atom. The maximum absolute atomic E-state index is 5.88. The smallest absolute Gasteiger partial charge is 0.223 e. The number of hydrogen-bond acceptors (Lipinski definition) is 3. The van der Waals surface area contributed by atoms with Gasteiger partial charge in [-0.05, 0) is 18.2 Å². The molecule has 2 heterocycles. The lowest BCUT2D eigenvalue weighted by molar-refractivity contribution is 0.462. The largest absolute Gasteiger partial charge is 0.436 e. The van der Waals surface area contributed by atoms with E-state index in [4.69, 9.17) is 16.3 Å². The monoisotopic (exact) mass is 270 g/mol. The minimum atomic E-state index is 0.362. The van der Waals surface area contributed by atoms with Gasteiger partial charge >= 0.3 is 0 Å². The van der Waals surface area contributed by atoms with Crippen LogP contribution in [0.15, 0.2) is 54.9 Å². The molecule has 4 heteroatoms.